The molecule has 0 saturated carbocycles. The van der Waals surface area contributed by atoms with Gasteiger partial charge < -0.3 is 11.1 Å². The largest absolute Gasteiger partial charge is 0.346 e. The molecule has 0 atom stereocenters. The maximum Gasteiger partial charge on any atom is 0.271 e. The Morgan fingerprint density at radius 1 is 1.50 bits per heavy atom. The summed E-state index contributed by atoms with van der Waals surface area (Å²) in [5, 5.41) is 5.51. The molecule has 96 valence electrons. The summed E-state index contributed by atoms with van der Waals surface area (Å²) < 4.78 is 0. The molecule has 2 aromatic heterocycles. The van der Waals surface area contributed by atoms with E-state index < -0.39 is 0 Å². The number of nitrogens with two attached hydrogens (primary N) is 1. The van der Waals surface area contributed by atoms with Crippen molar-refractivity contribution in [3.63, 3.8) is 0 Å². The molecule has 0 aliphatic heterocycles. The molecule has 0 aliphatic rings. The first-order valence-corrected chi connectivity index (χ1v) is 7.28. The van der Waals surface area contributed by atoms with E-state index in [0.717, 1.165) is 15.6 Å². The van der Waals surface area contributed by atoms with E-state index in [9.17, 15) is 4.79 Å². The fourth-order valence-corrected chi connectivity index (χ4v) is 2.91. The van der Waals surface area contributed by atoms with Crippen LogP contribution in [0.2, 0.25) is 0 Å². The summed E-state index contributed by atoms with van der Waals surface area (Å²) in [6.45, 7) is 2.98. The van der Waals surface area contributed by atoms with Gasteiger partial charge in [0.1, 0.15) is 5.69 Å². The third-order valence-corrected chi connectivity index (χ3v) is 4.24. The minimum absolute atomic E-state index is 0.151. The van der Waals surface area contributed by atoms with E-state index in [4.69, 9.17) is 5.73 Å². The van der Waals surface area contributed by atoms with Crippen LogP contribution < -0.4 is 11.1 Å². The van der Waals surface area contributed by atoms with Crippen molar-refractivity contribution in [1.29, 1.82) is 0 Å². The van der Waals surface area contributed by atoms with Gasteiger partial charge in [0.15, 0.2) is 0 Å². The van der Waals surface area contributed by atoms with E-state index in [1.54, 1.807) is 10.9 Å². The first-order valence-electron chi connectivity index (χ1n) is 5.52. The fourth-order valence-electron chi connectivity index (χ4n) is 1.40. The summed E-state index contributed by atoms with van der Waals surface area (Å²) >= 11 is 3.01. The zero-order chi connectivity index (χ0) is 13.0. The standard InChI is InChI=1S/C11H14N4OS2/c1-7-9(18-6-14-7)4-13-11(16)8-5-17-10(15-8)2-3-12/h5-6H,2-4,12H2,1H3,(H,13,16). The topological polar surface area (TPSA) is 80.9 Å². The predicted octanol–water partition coefficient (Wildman–Crippen LogP) is 1.34. The molecule has 0 spiro atoms. The van der Waals surface area contributed by atoms with Gasteiger partial charge in [0, 0.05) is 16.7 Å². The van der Waals surface area contributed by atoms with Crippen molar-refractivity contribution < 1.29 is 4.79 Å². The van der Waals surface area contributed by atoms with Crippen molar-refractivity contribution in [3.05, 3.63) is 32.2 Å². The summed E-state index contributed by atoms with van der Waals surface area (Å²) in [6.07, 6.45) is 0.714. The molecule has 2 rings (SSSR count). The minimum atomic E-state index is -0.151. The first-order chi connectivity index (χ1) is 8.70. The summed E-state index contributed by atoms with van der Waals surface area (Å²) in [4.78, 5) is 21.3. The van der Waals surface area contributed by atoms with Crippen LogP contribution in [0.4, 0.5) is 0 Å². The van der Waals surface area contributed by atoms with Gasteiger partial charge in [-0.05, 0) is 13.5 Å². The van der Waals surface area contributed by atoms with Gasteiger partial charge in [-0.2, -0.15) is 0 Å². The van der Waals surface area contributed by atoms with E-state index in [-0.39, 0.29) is 5.91 Å². The van der Waals surface area contributed by atoms with Crippen molar-refractivity contribution in [2.24, 2.45) is 5.73 Å². The number of aromatic nitrogens is 2. The number of thiazole rings is 2. The molecule has 0 fully saturated rings. The lowest BCUT2D eigenvalue weighted by Crippen LogP contribution is -2.23. The van der Waals surface area contributed by atoms with Crippen LogP contribution in [0.3, 0.4) is 0 Å². The highest BCUT2D eigenvalue weighted by Crippen LogP contribution is 2.13. The van der Waals surface area contributed by atoms with Gasteiger partial charge in [0.05, 0.1) is 22.8 Å². The van der Waals surface area contributed by atoms with Crippen LogP contribution in [0.15, 0.2) is 10.9 Å². The average molecular weight is 282 g/mol. The Kier molecular flexibility index (Phi) is 4.40. The smallest absolute Gasteiger partial charge is 0.271 e. The van der Waals surface area contributed by atoms with Gasteiger partial charge in [0.2, 0.25) is 0 Å². The maximum atomic E-state index is 11.9. The minimum Gasteiger partial charge on any atom is -0.346 e. The zero-order valence-corrected chi connectivity index (χ0v) is 11.6. The first kappa shape index (κ1) is 13.1. The lowest BCUT2D eigenvalue weighted by Gasteiger charge is -2.01. The number of rotatable bonds is 5. The van der Waals surface area contributed by atoms with E-state index in [1.165, 1.54) is 22.7 Å². The Bertz CT molecular complexity index is 535. The Morgan fingerprint density at radius 3 is 3.00 bits per heavy atom. The SMILES string of the molecule is Cc1ncsc1CNC(=O)c1csc(CCN)n1. The average Bonchev–Trinajstić information content (AvgIpc) is 2.96. The van der Waals surface area contributed by atoms with Gasteiger partial charge in [-0.15, -0.1) is 22.7 Å². The number of nitrogens with one attached hydrogen (secondary N) is 1. The highest BCUT2D eigenvalue weighted by molar-refractivity contribution is 7.10. The van der Waals surface area contributed by atoms with Crippen LogP contribution in [-0.2, 0) is 13.0 Å². The lowest BCUT2D eigenvalue weighted by atomic mass is 10.3. The second kappa shape index (κ2) is 6.03. The molecule has 0 saturated heterocycles. The second-order valence-electron chi connectivity index (χ2n) is 3.71. The number of carbonyl (C=O) groups excluding carboxylic acids is 1. The molecule has 5 nitrogen and oxygen atoms in total. The van der Waals surface area contributed by atoms with Gasteiger partial charge in [-0.1, -0.05) is 0 Å². The molecule has 7 heteroatoms. The van der Waals surface area contributed by atoms with Gasteiger partial charge in [0.25, 0.3) is 5.91 Å². The van der Waals surface area contributed by atoms with E-state index >= 15 is 0 Å². The molecule has 18 heavy (non-hydrogen) atoms. The third kappa shape index (κ3) is 3.12. The highest BCUT2D eigenvalue weighted by atomic mass is 32.1. The number of amides is 1. The molecule has 1 amide bonds. The Hall–Kier alpha value is -1.31. The molecule has 3 N–H and O–H groups in total. The van der Waals surface area contributed by atoms with Crippen LogP contribution in [0.1, 0.15) is 26.1 Å². The molecule has 0 aromatic carbocycles. The predicted molar refractivity (Wildman–Crippen MR) is 72.9 cm³/mol. The van der Waals surface area contributed by atoms with Crippen molar-refractivity contribution in [3.8, 4) is 0 Å². The molecule has 0 unspecified atom stereocenters. The molecular weight excluding hydrogens is 268 g/mol. The maximum absolute atomic E-state index is 11.9. The summed E-state index contributed by atoms with van der Waals surface area (Å²) in [6, 6.07) is 0. The molecule has 2 aromatic rings. The van der Waals surface area contributed by atoms with Crippen LogP contribution in [0.5, 0.6) is 0 Å². The molecular formula is C11H14N4OS2. The number of aryl methyl sites for hydroxylation is 1. The van der Waals surface area contributed by atoms with Gasteiger partial charge in [-0.3, -0.25) is 4.79 Å². The number of hydrogen-bond donors (Lipinski definition) is 2. The number of hydrogen-bond acceptors (Lipinski definition) is 6. The van der Waals surface area contributed by atoms with Gasteiger partial charge in [-0.25, -0.2) is 9.97 Å². The van der Waals surface area contributed by atoms with E-state index in [0.29, 0.717) is 25.2 Å². The summed E-state index contributed by atoms with van der Waals surface area (Å²) in [5.41, 5.74) is 8.65. The number of nitrogens with zero attached hydrogens (tertiary/aromatic N) is 2. The molecule has 0 radical (unpaired) electrons. The summed E-state index contributed by atoms with van der Waals surface area (Å²) in [7, 11) is 0. The number of carbonyl (C=O) groups is 1. The quantitative estimate of drug-likeness (QED) is 0.867. The van der Waals surface area contributed by atoms with Crippen molar-refractivity contribution in [1.82, 2.24) is 15.3 Å². The molecule has 0 aliphatic carbocycles. The summed E-state index contributed by atoms with van der Waals surface area (Å²) in [5.74, 6) is -0.151. The molecule has 0 bridgehead atoms. The van der Waals surface area contributed by atoms with Crippen LogP contribution in [-0.4, -0.2) is 22.4 Å². The normalized spacial score (nSPS) is 10.6. The van der Waals surface area contributed by atoms with Crippen LogP contribution in [0.25, 0.3) is 0 Å². The van der Waals surface area contributed by atoms with E-state index in [1.807, 2.05) is 6.92 Å². The van der Waals surface area contributed by atoms with Crippen LogP contribution >= 0.6 is 22.7 Å². The van der Waals surface area contributed by atoms with E-state index in [2.05, 4.69) is 15.3 Å². The third-order valence-electron chi connectivity index (χ3n) is 2.40. The Labute approximate surface area is 113 Å². The van der Waals surface area contributed by atoms with Gasteiger partial charge >= 0.3 is 0 Å². The van der Waals surface area contributed by atoms with Crippen molar-refractivity contribution >= 4 is 28.6 Å². The Balaban J connectivity index is 1.93. The lowest BCUT2D eigenvalue weighted by molar-refractivity contribution is 0.0947. The van der Waals surface area contributed by atoms with Crippen molar-refractivity contribution in [2.75, 3.05) is 6.54 Å². The zero-order valence-electron chi connectivity index (χ0n) is 9.97. The van der Waals surface area contributed by atoms with Crippen LogP contribution in [0, 0.1) is 6.92 Å². The van der Waals surface area contributed by atoms with Crippen molar-refractivity contribution in [2.45, 2.75) is 19.9 Å². The second-order valence-corrected chi connectivity index (χ2v) is 5.59. The Morgan fingerprint density at radius 2 is 2.33 bits per heavy atom. The monoisotopic (exact) mass is 282 g/mol. The fraction of sp³-hybridized carbons (Fsp3) is 0.364. The highest BCUT2D eigenvalue weighted by Gasteiger charge is 2.11. The molecule has 2 heterocycles.